The Labute approximate surface area is 160 Å². The minimum absolute atomic E-state index is 0.148. The molecule has 0 aliphatic carbocycles. The number of pyridine rings is 1. The lowest BCUT2D eigenvalue weighted by atomic mass is 10.1. The summed E-state index contributed by atoms with van der Waals surface area (Å²) in [5.74, 6) is 0.869. The average molecular weight is 359 g/mol. The fraction of sp³-hybridized carbons (Fsp3) is 0.261. The summed E-state index contributed by atoms with van der Waals surface area (Å²) in [5.41, 5.74) is 4.77. The van der Waals surface area contributed by atoms with Gasteiger partial charge >= 0.3 is 0 Å². The fourth-order valence-electron chi connectivity index (χ4n) is 3.44. The van der Waals surface area contributed by atoms with E-state index in [4.69, 9.17) is 4.74 Å². The highest BCUT2D eigenvalue weighted by molar-refractivity contribution is 5.56. The Kier molecular flexibility index (Phi) is 5.47. The van der Waals surface area contributed by atoms with Crippen LogP contribution in [0.15, 0.2) is 72.9 Å². The second-order valence-corrected chi connectivity index (χ2v) is 7.05. The summed E-state index contributed by atoms with van der Waals surface area (Å²) >= 11 is 0. The number of aromatic nitrogens is 1. The summed E-state index contributed by atoms with van der Waals surface area (Å²) < 4.78 is 5.96. The standard InChI is InChI=1S/C23H25N3O/c1-18-6-5-9-21(14-18)25-23-11-10-19(15-24-23)16-26-12-13-27-22(17-26)20-7-3-2-4-8-20/h2-11,14-15,22H,12-13,16-17H2,1H3,(H,24,25). The molecule has 0 bridgehead atoms. The number of nitrogens with one attached hydrogen (secondary N) is 1. The van der Waals surface area contributed by atoms with Crippen molar-refractivity contribution in [2.45, 2.75) is 19.6 Å². The molecular weight excluding hydrogens is 334 g/mol. The molecule has 0 saturated carbocycles. The van der Waals surface area contributed by atoms with Gasteiger partial charge < -0.3 is 10.1 Å². The molecule has 1 atom stereocenters. The Bertz CT molecular complexity index is 864. The fourth-order valence-corrected chi connectivity index (χ4v) is 3.44. The van der Waals surface area contributed by atoms with Crippen molar-refractivity contribution < 1.29 is 4.74 Å². The number of ether oxygens (including phenoxy) is 1. The largest absolute Gasteiger partial charge is 0.371 e. The van der Waals surface area contributed by atoms with E-state index in [1.807, 2.05) is 24.4 Å². The van der Waals surface area contributed by atoms with Crippen LogP contribution in [0.4, 0.5) is 11.5 Å². The first-order chi connectivity index (χ1) is 13.3. The third-order valence-electron chi connectivity index (χ3n) is 4.84. The van der Waals surface area contributed by atoms with Crippen LogP contribution in [-0.2, 0) is 11.3 Å². The first kappa shape index (κ1) is 17.7. The first-order valence-corrected chi connectivity index (χ1v) is 9.44. The number of benzene rings is 2. The maximum absolute atomic E-state index is 5.96. The van der Waals surface area contributed by atoms with Gasteiger partial charge in [-0.05, 0) is 41.8 Å². The van der Waals surface area contributed by atoms with Gasteiger partial charge in [0.2, 0.25) is 0 Å². The van der Waals surface area contributed by atoms with Crippen molar-refractivity contribution in [3.63, 3.8) is 0 Å². The van der Waals surface area contributed by atoms with Crippen LogP contribution in [0, 0.1) is 6.92 Å². The van der Waals surface area contributed by atoms with E-state index in [2.05, 4.69) is 70.7 Å². The first-order valence-electron chi connectivity index (χ1n) is 9.44. The zero-order valence-corrected chi connectivity index (χ0v) is 15.6. The SMILES string of the molecule is Cc1cccc(Nc2ccc(CN3CCOC(c4ccccc4)C3)cn2)c1. The average Bonchev–Trinajstić information content (AvgIpc) is 2.70. The van der Waals surface area contributed by atoms with E-state index in [0.29, 0.717) is 0 Å². The molecule has 2 heterocycles. The van der Waals surface area contributed by atoms with Gasteiger partial charge in [-0.25, -0.2) is 4.98 Å². The number of aryl methyl sites for hydroxylation is 1. The molecule has 1 unspecified atom stereocenters. The second-order valence-electron chi connectivity index (χ2n) is 7.05. The minimum atomic E-state index is 0.148. The molecule has 1 aliphatic rings. The lowest BCUT2D eigenvalue weighted by molar-refractivity contribution is -0.0329. The van der Waals surface area contributed by atoms with Gasteiger partial charge in [-0.1, -0.05) is 48.5 Å². The number of hydrogen-bond acceptors (Lipinski definition) is 4. The van der Waals surface area contributed by atoms with Crippen LogP contribution in [0.25, 0.3) is 0 Å². The maximum Gasteiger partial charge on any atom is 0.130 e. The van der Waals surface area contributed by atoms with Crippen molar-refractivity contribution in [1.29, 1.82) is 0 Å². The quantitative estimate of drug-likeness (QED) is 0.716. The molecule has 138 valence electrons. The van der Waals surface area contributed by atoms with Crippen molar-refractivity contribution in [3.8, 4) is 0 Å². The van der Waals surface area contributed by atoms with Gasteiger partial charge in [0, 0.05) is 31.5 Å². The molecule has 0 spiro atoms. The summed E-state index contributed by atoms with van der Waals surface area (Å²) in [7, 11) is 0. The molecule has 4 heteroatoms. The Morgan fingerprint density at radius 2 is 1.96 bits per heavy atom. The van der Waals surface area contributed by atoms with Crippen molar-refractivity contribution >= 4 is 11.5 Å². The molecule has 1 N–H and O–H groups in total. The normalized spacial score (nSPS) is 17.6. The summed E-state index contributed by atoms with van der Waals surface area (Å²) in [6, 6.07) is 23.0. The Balaban J connectivity index is 1.36. The zero-order valence-electron chi connectivity index (χ0n) is 15.6. The third kappa shape index (κ3) is 4.73. The van der Waals surface area contributed by atoms with Crippen LogP contribution in [0.5, 0.6) is 0 Å². The monoisotopic (exact) mass is 359 g/mol. The number of nitrogens with zero attached hydrogens (tertiary/aromatic N) is 2. The number of rotatable bonds is 5. The van der Waals surface area contributed by atoms with Gasteiger partial charge in [-0.15, -0.1) is 0 Å². The van der Waals surface area contributed by atoms with Crippen LogP contribution in [0.1, 0.15) is 22.8 Å². The van der Waals surface area contributed by atoms with Crippen LogP contribution in [0.2, 0.25) is 0 Å². The summed E-state index contributed by atoms with van der Waals surface area (Å²) in [6.45, 7) is 5.61. The van der Waals surface area contributed by atoms with E-state index in [0.717, 1.165) is 37.7 Å². The predicted octanol–water partition coefficient (Wildman–Crippen LogP) is 4.71. The molecule has 2 aromatic carbocycles. The summed E-state index contributed by atoms with van der Waals surface area (Å²) in [6.07, 6.45) is 2.11. The minimum Gasteiger partial charge on any atom is -0.371 e. The Morgan fingerprint density at radius 1 is 1.07 bits per heavy atom. The lowest BCUT2D eigenvalue weighted by Crippen LogP contribution is -2.37. The summed E-state index contributed by atoms with van der Waals surface area (Å²) in [4.78, 5) is 7.01. The van der Waals surface area contributed by atoms with Crippen molar-refractivity contribution in [2.75, 3.05) is 25.0 Å². The van der Waals surface area contributed by atoms with Crippen LogP contribution in [0.3, 0.4) is 0 Å². The predicted molar refractivity (Wildman–Crippen MR) is 109 cm³/mol. The molecular formula is C23H25N3O. The van der Waals surface area contributed by atoms with Crippen LogP contribution >= 0.6 is 0 Å². The summed E-state index contributed by atoms with van der Waals surface area (Å²) in [5, 5.41) is 3.36. The molecule has 1 saturated heterocycles. The molecule has 1 aliphatic heterocycles. The molecule has 4 rings (SSSR count). The van der Waals surface area contributed by atoms with E-state index in [1.54, 1.807) is 0 Å². The van der Waals surface area contributed by atoms with Crippen molar-refractivity contribution in [2.24, 2.45) is 0 Å². The van der Waals surface area contributed by atoms with E-state index in [-0.39, 0.29) is 6.10 Å². The van der Waals surface area contributed by atoms with Crippen LogP contribution < -0.4 is 5.32 Å². The number of morpholine rings is 1. The second kappa shape index (κ2) is 8.33. The molecule has 0 amide bonds. The van der Waals surface area contributed by atoms with E-state index >= 15 is 0 Å². The van der Waals surface area contributed by atoms with Gasteiger partial charge in [-0.2, -0.15) is 0 Å². The van der Waals surface area contributed by atoms with Gasteiger partial charge in [0.05, 0.1) is 12.7 Å². The van der Waals surface area contributed by atoms with Crippen LogP contribution in [-0.4, -0.2) is 29.6 Å². The molecule has 4 nitrogen and oxygen atoms in total. The number of hydrogen-bond donors (Lipinski definition) is 1. The van der Waals surface area contributed by atoms with Gasteiger partial charge in [0.25, 0.3) is 0 Å². The third-order valence-corrected chi connectivity index (χ3v) is 4.84. The molecule has 0 radical (unpaired) electrons. The van der Waals surface area contributed by atoms with Gasteiger partial charge in [0.1, 0.15) is 5.82 Å². The van der Waals surface area contributed by atoms with Crippen molar-refractivity contribution in [3.05, 3.63) is 89.6 Å². The Hall–Kier alpha value is -2.69. The zero-order chi connectivity index (χ0) is 18.5. The Morgan fingerprint density at radius 3 is 2.74 bits per heavy atom. The highest BCUT2D eigenvalue weighted by atomic mass is 16.5. The topological polar surface area (TPSA) is 37.4 Å². The smallest absolute Gasteiger partial charge is 0.130 e. The molecule has 27 heavy (non-hydrogen) atoms. The molecule has 3 aromatic rings. The number of anilines is 2. The lowest BCUT2D eigenvalue weighted by Gasteiger charge is -2.33. The van der Waals surface area contributed by atoms with E-state index < -0.39 is 0 Å². The van der Waals surface area contributed by atoms with Crippen molar-refractivity contribution in [1.82, 2.24) is 9.88 Å². The highest BCUT2D eigenvalue weighted by Crippen LogP contribution is 2.23. The van der Waals surface area contributed by atoms with E-state index in [9.17, 15) is 0 Å². The highest BCUT2D eigenvalue weighted by Gasteiger charge is 2.21. The molecule has 1 aromatic heterocycles. The maximum atomic E-state index is 5.96. The van der Waals surface area contributed by atoms with Gasteiger partial charge in [-0.3, -0.25) is 4.90 Å². The van der Waals surface area contributed by atoms with Gasteiger partial charge in [0.15, 0.2) is 0 Å². The van der Waals surface area contributed by atoms with E-state index in [1.165, 1.54) is 16.7 Å². The molecule has 1 fully saturated rings.